The molecule has 1 fully saturated rings. The second kappa shape index (κ2) is 7.65. The van der Waals surface area contributed by atoms with Gasteiger partial charge in [0.15, 0.2) is 5.69 Å². The largest absolute Gasteiger partial charge is 0.435 e. The molecule has 2 aromatic rings. The summed E-state index contributed by atoms with van der Waals surface area (Å²) in [5, 5.41) is 9.03. The van der Waals surface area contributed by atoms with Crippen molar-refractivity contribution in [1.82, 2.24) is 9.78 Å². The first kappa shape index (κ1) is 19.9. The molecule has 1 aliphatic carbocycles. The number of anilines is 2. The van der Waals surface area contributed by atoms with Crippen LogP contribution in [0.25, 0.3) is 0 Å². The van der Waals surface area contributed by atoms with Crippen LogP contribution in [0.15, 0.2) is 30.3 Å². The van der Waals surface area contributed by atoms with Crippen LogP contribution in [0.3, 0.4) is 0 Å². The Kier molecular flexibility index (Phi) is 5.44. The van der Waals surface area contributed by atoms with Crippen LogP contribution in [0.4, 0.5) is 24.5 Å². The maximum absolute atomic E-state index is 13.0. The molecule has 1 aromatic carbocycles. The van der Waals surface area contributed by atoms with Gasteiger partial charge in [0.25, 0.3) is 0 Å². The van der Waals surface area contributed by atoms with E-state index in [-0.39, 0.29) is 24.3 Å². The highest BCUT2D eigenvalue weighted by Gasteiger charge is 2.38. The molecule has 1 saturated carbocycles. The van der Waals surface area contributed by atoms with Crippen LogP contribution < -0.4 is 10.6 Å². The van der Waals surface area contributed by atoms with Gasteiger partial charge in [0, 0.05) is 29.9 Å². The van der Waals surface area contributed by atoms with Crippen LogP contribution in [-0.4, -0.2) is 21.6 Å². The first-order valence-corrected chi connectivity index (χ1v) is 8.97. The number of carbonyl (C=O) groups is 2. The lowest BCUT2D eigenvalue weighted by molar-refractivity contribution is -0.141. The molecule has 2 amide bonds. The van der Waals surface area contributed by atoms with Crippen LogP contribution in [0.5, 0.6) is 0 Å². The van der Waals surface area contributed by atoms with Crippen molar-refractivity contribution < 1.29 is 22.8 Å². The van der Waals surface area contributed by atoms with Gasteiger partial charge in [-0.25, -0.2) is 0 Å². The summed E-state index contributed by atoms with van der Waals surface area (Å²) < 4.78 is 40.2. The Morgan fingerprint density at radius 3 is 2.25 bits per heavy atom. The first-order valence-electron chi connectivity index (χ1n) is 8.97. The van der Waals surface area contributed by atoms with Gasteiger partial charge in [-0.15, -0.1) is 0 Å². The minimum absolute atomic E-state index is 0.0672. The zero-order valence-electron chi connectivity index (χ0n) is 15.5. The summed E-state index contributed by atoms with van der Waals surface area (Å²) in [4.78, 5) is 23.5. The summed E-state index contributed by atoms with van der Waals surface area (Å²) in [5.41, 5.74) is 0.746. The number of hydrogen-bond acceptors (Lipinski definition) is 3. The van der Waals surface area contributed by atoms with Gasteiger partial charge in [-0.3, -0.25) is 14.3 Å². The van der Waals surface area contributed by atoms with Crippen LogP contribution in [-0.2, 0) is 22.3 Å². The molecule has 0 radical (unpaired) electrons. The summed E-state index contributed by atoms with van der Waals surface area (Å²) in [6.45, 7) is 3.11. The Morgan fingerprint density at radius 2 is 1.75 bits per heavy atom. The highest BCUT2D eigenvalue weighted by Crippen LogP contribution is 2.42. The highest BCUT2D eigenvalue weighted by atomic mass is 19.4. The molecule has 3 rings (SSSR count). The maximum atomic E-state index is 13.0. The summed E-state index contributed by atoms with van der Waals surface area (Å²) in [7, 11) is 0. The topological polar surface area (TPSA) is 76.0 Å². The number of benzene rings is 1. The molecule has 0 aliphatic heterocycles. The minimum atomic E-state index is -4.50. The molecule has 1 atom stereocenters. The predicted molar refractivity (Wildman–Crippen MR) is 97.7 cm³/mol. The van der Waals surface area contributed by atoms with E-state index in [1.54, 1.807) is 31.2 Å². The SMILES string of the molecule is CC(=O)Nc1ccc(NC(=O)C(C)Cn2nc(C(F)(F)F)cc2C2CC2)cc1. The van der Waals surface area contributed by atoms with Crippen molar-refractivity contribution in [1.29, 1.82) is 0 Å². The Balaban J connectivity index is 1.66. The molecule has 1 aromatic heterocycles. The van der Waals surface area contributed by atoms with Gasteiger partial charge in [0.05, 0.1) is 12.5 Å². The lowest BCUT2D eigenvalue weighted by Gasteiger charge is -2.14. The van der Waals surface area contributed by atoms with Crippen molar-refractivity contribution >= 4 is 23.2 Å². The van der Waals surface area contributed by atoms with E-state index in [1.165, 1.54) is 11.6 Å². The standard InChI is InChI=1S/C19H21F3N4O2/c1-11(18(28)24-15-7-5-14(6-8-15)23-12(2)27)10-26-16(13-3-4-13)9-17(25-26)19(20,21)22/h5-9,11,13H,3-4,10H2,1-2H3,(H,23,27)(H,24,28). The molecule has 1 aliphatic rings. The summed E-state index contributed by atoms with van der Waals surface area (Å²) in [6.07, 6.45) is -2.83. The highest BCUT2D eigenvalue weighted by molar-refractivity contribution is 5.93. The third kappa shape index (κ3) is 4.90. The van der Waals surface area contributed by atoms with E-state index in [0.717, 1.165) is 18.9 Å². The van der Waals surface area contributed by atoms with E-state index in [9.17, 15) is 22.8 Å². The second-order valence-corrected chi connectivity index (χ2v) is 7.06. The van der Waals surface area contributed by atoms with Crippen molar-refractivity contribution in [3.8, 4) is 0 Å². The Bertz CT molecular complexity index is 870. The van der Waals surface area contributed by atoms with E-state index in [2.05, 4.69) is 15.7 Å². The smallest absolute Gasteiger partial charge is 0.326 e. The maximum Gasteiger partial charge on any atom is 0.435 e. The lowest BCUT2D eigenvalue weighted by Crippen LogP contribution is -2.25. The molecule has 2 N–H and O–H groups in total. The van der Waals surface area contributed by atoms with E-state index >= 15 is 0 Å². The molecule has 6 nitrogen and oxygen atoms in total. The van der Waals surface area contributed by atoms with Crippen molar-refractivity contribution in [2.75, 3.05) is 10.6 Å². The second-order valence-electron chi connectivity index (χ2n) is 7.06. The number of amides is 2. The van der Waals surface area contributed by atoms with Gasteiger partial charge in [-0.05, 0) is 43.2 Å². The normalized spacial score (nSPS) is 15.2. The zero-order valence-corrected chi connectivity index (χ0v) is 15.5. The number of aromatic nitrogens is 2. The Morgan fingerprint density at radius 1 is 1.18 bits per heavy atom. The van der Waals surface area contributed by atoms with Gasteiger partial charge in [0.2, 0.25) is 11.8 Å². The number of halogens is 3. The van der Waals surface area contributed by atoms with Gasteiger partial charge in [0.1, 0.15) is 0 Å². The molecule has 1 unspecified atom stereocenters. The fraction of sp³-hybridized carbons (Fsp3) is 0.421. The van der Waals surface area contributed by atoms with Gasteiger partial charge in [-0.1, -0.05) is 6.92 Å². The number of nitrogens with zero attached hydrogens (tertiary/aromatic N) is 2. The van der Waals surface area contributed by atoms with Crippen molar-refractivity contribution in [3.63, 3.8) is 0 Å². The minimum Gasteiger partial charge on any atom is -0.326 e. The van der Waals surface area contributed by atoms with Crippen LogP contribution in [0.2, 0.25) is 0 Å². The molecule has 0 spiro atoms. The van der Waals surface area contributed by atoms with E-state index in [0.29, 0.717) is 17.1 Å². The summed E-state index contributed by atoms with van der Waals surface area (Å²) >= 11 is 0. The molecule has 9 heteroatoms. The van der Waals surface area contributed by atoms with Crippen LogP contribution >= 0.6 is 0 Å². The van der Waals surface area contributed by atoms with E-state index < -0.39 is 17.8 Å². The summed E-state index contributed by atoms with van der Waals surface area (Å²) in [6, 6.07) is 7.66. The molecule has 28 heavy (non-hydrogen) atoms. The fourth-order valence-electron chi connectivity index (χ4n) is 2.87. The lowest BCUT2D eigenvalue weighted by atomic mass is 10.1. The number of hydrogen-bond donors (Lipinski definition) is 2. The number of alkyl halides is 3. The van der Waals surface area contributed by atoms with Crippen molar-refractivity contribution in [2.24, 2.45) is 5.92 Å². The molecule has 0 bridgehead atoms. The monoisotopic (exact) mass is 394 g/mol. The Hall–Kier alpha value is -2.84. The third-order valence-electron chi connectivity index (χ3n) is 4.46. The van der Waals surface area contributed by atoms with Crippen molar-refractivity contribution in [3.05, 3.63) is 41.7 Å². The van der Waals surface area contributed by atoms with Crippen molar-refractivity contribution in [2.45, 2.75) is 45.3 Å². The fourth-order valence-corrected chi connectivity index (χ4v) is 2.87. The summed E-state index contributed by atoms with van der Waals surface area (Å²) in [5.74, 6) is -1.01. The number of nitrogens with one attached hydrogen (secondary N) is 2. The van der Waals surface area contributed by atoms with E-state index in [4.69, 9.17) is 0 Å². The Labute approximate surface area is 160 Å². The third-order valence-corrected chi connectivity index (χ3v) is 4.46. The molecular weight excluding hydrogens is 373 g/mol. The van der Waals surface area contributed by atoms with Crippen LogP contribution in [0, 0.1) is 5.92 Å². The van der Waals surface area contributed by atoms with Gasteiger partial charge in [-0.2, -0.15) is 18.3 Å². The zero-order chi connectivity index (χ0) is 20.5. The quantitative estimate of drug-likeness (QED) is 0.777. The average molecular weight is 394 g/mol. The van der Waals surface area contributed by atoms with E-state index in [1.807, 2.05) is 0 Å². The van der Waals surface area contributed by atoms with Gasteiger partial charge < -0.3 is 10.6 Å². The molecule has 150 valence electrons. The average Bonchev–Trinajstić information content (AvgIpc) is 3.35. The molecule has 1 heterocycles. The molecular formula is C19H21F3N4O2. The first-order chi connectivity index (χ1) is 13.1. The van der Waals surface area contributed by atoms with Gasteiger partial charge >= 0.3 is 6.18 Å². The predicted octanol–water partition coefficient (Wildman–Crippen LogP) is 4.01. The number of rotatable bonds is 6. The molecule has 0 saturated heterocycles. The number of carbonyl (C=O) groups excluding carboxylic acids is 2. The van der Waals surface area contributed by atoms with Crippen LogP contribution in [0.1, 0.15) is 44.0 Å².